The van der Waals surface area contributed by atoms with Gasteiger partial charge in [0.15, 0.2) is 0 Å². The Hall–Kier alpha value is -1.69. The van der Waals surface area contributed by atoms with E-state index in [2.05, 4.69) is 10.1 Å². The molecule has 0 unspecified atom stereocenters. The van der Waals surface area contributed by atoms with Gasteiger partial charge in [0.2, 0.25) is 17.6 Å². The second kappa shape index (κ2) is 7.05. The lowest BCUT2D eigenvalue weighted by atomic mass is 9.94. The molecule has 2 heterocycles. The number of aryl methyl sites for hydroxylation is 1. The maximum Gasteiger partial charge on any atom is 0.227 e. The minimum Gasteiger partial charge on any atom is -0.343 e. The van der Waals surface area contributed by atoms with Crippen LogP contribution in [0.1, 0.15) is 44.4 Å². The number of carbonyl (C=O) groups excluding carboxylic acids is 1. The number of nitrogens with zero attached hydrogens (tertiary/aromatic N) is 3. The molecule has 0 aromatic carbocycles. The van der Waals surface area contributed by atoms with E-state index in [9.17, 15) is 4.79 Å². The lowest BCUT2D eigenvalue weighted by molar-refractivity contribution is -0.132. The summed E-state index contributed by atoms with van der Waals surface area (Å²) in [5, 5.41) is 7.93. The Morgan fingerprint density at radius 2 is 2.23 bits per heavy atom. The van der Waals surface area contributed by atoms with Crippen LogP contribution < -0.4 is 0 Å². The van der Waals surface area contributed by atoms with Gasteiger partial charge >= 0.3 is 0 Å². The Bertz CT molecular complexity index is 603. The fourth-order valence-corrected chi connectivity index (χ4v) is 3.56. The van der Waals surface area contributed by atoms with E-state index >= 15 is 0 Å². The lowest BCUT2D eigenvalue weighted by Gasteiger charge is -2.31. The van der Waals surface area contributed by atoms with Gasteiger partial charge in [-0.1, -0.05) is 24.4 Å². The first kappa shape index (κ1) is 15.2. The Balaban J connectivity index is 1.52. The van der Waals surface area contributed by atoms with Crippen molar-refractivity contribution in [3.63, 3.8) is 0 Å². The molecule has 2 aromatic rings. The van der Waals surface area contributed by atoms with E-state index in [1.54, 1.807) is 11.3 Å². The largest absolute Gasteiger partial charge is 0.343 e. The van der Waals surface area contributed by atoms with Gasteiger partial charge < -0.3 is 9.42 Å². The molecule has 1 fully saturated rings. The minimum atomic E-state index is 0.169. The first-order valence-corrected chi connectivity index (χ1v) is 8.79. The third-order valence-electron chi connectivity index (χ3n) is 4.32. The summed E-state index contributed by atoms with van der Waals surface area (Å²) in [5.41, 5.74) is 0.964. The Morgan fingerprint density at radius 3 is 2.95 bits per heavy atom. The predicted molar refractivity (Wildman–Crippen MR) is 85.6 cm³/mol. The van der Waals surface area contributed by atoms with Crippen LogP contribution in [0.4, 0.5) is 0 Å². The monoisotopic (exact) mass is 319 g/mol. The summed E-state index contributed by atoms with van der Waals surface area (Å²) in [4.78, 5) is 18.6. The van der Waals surface area contributed by atoms with E-state index in [-0.39, 0.29) is 5.91 Å². The fraction of sp³-hybridized carbons (Fsp3) is 0.562. The molecule has 0 radical (unpaired) electrons. The van der Waals surface area contributed by atoms with Crippen molar-refractivity contribution >= 4 is 17.2 Å². The second-order valence-electron chi connectivity index (χ2n) is 5.82. The van der Waals surface area contributed by atoms with Crippen LogP contribution in [0.25, 0.3) is 11.4 Å². The normalized spacial score (nSPS) is 15.9. The first-order valence-electron chi connectivity index (χ1n) is 7.85. The van der Waals surface area contributed by atoms with Crippen LogP contribution in [-0.2, 0) is 11.2 Å². The zero-order valence-electron chi connectivity index (χ0n) is 12.8. The van der Waals surface area contributed by atoms with Crippen molar-refractivity contribution in [1.29, 1.82) is 0 Å². The Kier molecular flexibility index (Phi) is 4.87. The topological polar surface area (TPSA) is 59.2 Å². The van der Waals surface area contributed by atoms with E-state index in [1.807, 2.05) is 28.8 Å². The molecule has 0 saturated heterocycles. The van der Waals surface area contributed by atoms with Crippen molar-refractivity contribution < 1.29 is 9.32 Å². The van der Waals surface area contributed by atoms with Crippen molar-refractivity contribution in [2.75, 3.05) is 7.05 Å². The van der Waals surface area contributed by atoms with Crippen molar-refractivity contribution in [1.82, 2.24) is 15.0 Å². The molecule has 1 saturated carbocycles. The smallest absolute Gasteiger partial charge is 0.227 e. The van der Waals surface area contributed by atoms with Crippen LogP contribution in [0.15, 0.2) is 21.3 Å². The van der Waals surface area contributed by atoms with E-state index in [0.29, 0.717) is 30.6 Å². The summed E-state index contributed by atoms with van der Waals surface area (Å²) in [6.07, 6.45) is 6.96. The van der Waals surface area contributed by atoms with E-state index < -0.39 is 0 Å². The van der Waals surface area contributed by atoms with Crippen molar-refractivity contribution in [3.8, 4) is 11.4 Å². The minimum absolute atomic E-state index is 0.169. The maximum absolute atomic E-state index is 12.3. The molecule has 5 nitrogen and oxygen atoms in total. The fourth-order valence-electron chi connectivity index (χ4n) is 2.93. The quantitative estimate of drug-likeness (QED) is 0.846. The summed E-state index contributed by atoms with van der Waals surface area (Å²) >= 11 is 1.60. The summed E-state index contributed by atoms with van der Waals surface area (Å²) in [6, 6.07) is 2.37. The zero-order valence-corrected chi connectivity index (χ0v) is 13.6. The van der Waals surface area contributed by atoms with E-state index in [1.165, 1.54) is 19.3 Å². The molecule has 22 heavy (non-hydrogen) atoms. The Labute approximate surface area is 134 Å². The van der Waals surface area contributed by atoms with Gasteiger partial charge in [-0.2, -0.15) is 16.3 Å². The van der Waals surface area contributed by atoms with Gasteiger partial charge in [-0.3, -0.25) is 4.79 Å². The van der Waals surface area contributed by atoms with Gasteiger partial charge in [0, 0.05) is 36.9 Å². The van der Waals surface area contributed by atoms with Gasteiger partial charge in [-0.25, -0.2) is 0 Å². The van der Waals surface area contributed by atoms with Crippen LogP contribution in [0, 0.1) is 0 Å². The van der Waals surface area contributed by atoms with E-state index in [0.717, 1.165) is 18.4 Å². The third kappa shape index (κ3) is 3.55. The van der Waals surface area contributed by atoms with Crippen LogP contribution in [0.5, 0.6) is 0 Å². The highest BCUT2D eigenvalue weighted by atomic mass is 32.1. The summed E-state index contributed by atoms with van der Waals surface area (Å²) < 4.78 is 5.24. The first-order chi connectivity index (χ1) is 10.7. The molecular formula is C16H21N3O2S. The molecule has 6 heteroatoms. The highest BCUT2D eigenvalue weighted by molar-refractivity contribution is 7.08. The molecule has 0 atom stereocenters. The number of thiophene rings is 1. The van der Waals surface area contributed by atoms with Crippen molar-refractivity contribution in [2.45, 2.75) is 51.0 Å². The van der Waals surface area contributed by atoms with Crippen LogP contribution in [-0.4, -0.2) is 34.0 Å². The van der Waals surface area contributed by atoms with Crippen LogP contribution in [0.3, 0.4) is 0 Å². The molecule has 0 spiro atoms. The molecular weight excluding hydrogens is 298 g/mol. The highest BCUT2D eigenvalue weighted by Crippen LogP contribution is 2.22. The molecule has 1 aliphatic carbocycles. The Morgan fingerprint density at radius 1 is 1.41 bits per heavy atom. The molecule has 0 N–H and O–H groups in total. The highest BCUT2D eigenvalue weighted by Gasteiger charge is 2.22. The van der Waals surface area contributed by atoms with Crippen molar-refractivity contribution in [3.05, 3.63) is 22.7 Å². The summed E-state index contributed by atoms with van der Waals surface area (Å²) in [7, 11) is 1.92. The second-order valence-corrected chi connectivity index (χ2v) is 6.60. The molecule has 118 valence electrons. The van der Waals surface area contributed by atoms with Crippen LogP contribution >= 0.6 is 11.3 Å². The standard InChI is InChI=1S/C16H21N3O2S/c1-19(13-5-3-2-4-6-13)15(20)8-7-14-17-16(18-21-14)12-9-10-22-11-12/h9-11,13H,2-8H2,1H3. The summed E-state index contributed by atoms with van der Waals surface area (Å²) in [5.74, 6) is 1.30. The number of carbonyl (C=O) groups is 1. The van der Waals surface area contributed by atoms with E-state index in [4.69, 9.17) is 4.52 Å². The van der Waals surface area contributed by atoms with Gasteiger partial charge in [-0.05, 0) is 24.3 Å². The number of hydrogen-bond donors (Lipinski definition) is 0. The average molecular weight is 319 g/mol. The maximum atomic E-state index is 12.3. The molecule has 1 aliphatic rings. The SMILES string of the molecule is CN(C(=O)CCc1nc(-c2ccsc2)no1)C1CCCCC1. The molecule has 0 bridgehead atoms. The number of amides is 1. The van der Waals surface area contributed by atoms with Gasteiger partial charge in [0.05, 0.1) is 0 Å². The van der Waals surface area contributed by atoms with Gasteiger partial charge in [0.25, 0.3) is 0 Å². The predicted octanol–water partition coefficient (Wildman–Crippen LogP) is 3.52. The lowest BCUT2D eigenvalue weighted by Crippen LogP contribution is -2.38. The number of hydrogen-bond acceptors (Lipinski definition) is 5. The molecule has 0 aliphatic heterocycles. The molecule has 2 aromatic heterocycles. The zero-order chi connectivity index (χ0) is 15.4. The van der Waals surface area contributed by atoms with Crippen LogP contribution in [0.2, 0.25) is 0 Å². The third-order valence-corrected chi connectivity index (χ3v) is 5.00. The van der Waals surface area contributed by atoms with Crippen molar-refractivity contribution in [2.24, 2.45) is 0 Å². The molecule has 1 amide bonds. The average Bonchev–Trinajstić information content (AvgIpc) is 3.23. The number of rotatable bonds is 5. The summed E-state index contributed by atoms with van der Waals surface area (Å²) in [6.45, 7) is 0. The van der Waals surface area contributed by atoms with Gasteiger partial charge in [-0.15, -0.1) is 0 Å². The molecule has 3 rings (SSSR count). The number of aromatic nitrogens is 2. The van der Waals surface area contributed by atoms with Gasteiger partial charge in [0.1, 0.15) is 0 Å².